The lowest BCUT2D eigenvalue weighted by Gasteiger charge is -2.09. The van der Waals surface area contributed by atoms with E-state index in [0.717, 1.165) is 5.56 Å². The highest BCUT2D eigenvalue weighted by Crippen LogP contribution is 2.29. The predicted octanol–water partition coefficient (Wildman–Crippen LogP) is 1.92. The zero-order valence-corrected chi connectivity index (χ0v) is 15.7. The minimum atomic E-state index is -3.93. The first-order chi connectivity index (χ1) is 12.3. The Kier molecular flexibility index (Phi) is 5.15. The molecule has 2 aromatic heterocycles. The molecule has 0 fully saturated rings. The molecule has 0 bridgehead atoms. The maximum atomic E-state index is 11.9. The Bertz CT molecular complexity index is 1070. The Morgan fingerprint density at radius 3 is 2.73 bits per heavy atom. The van der Waals surface area contributed by atoms with Gasteiger partial charge in [0, 0.05) is 41.9 Å². The maximum absolute atomic E-state index is 11.9. The normalized spacial score (nSPS) is 11.8. The van der Waals surface area contributed by atoms with Crippen LogP contribution >= 0.6 is 11.6 Å². The van der Waals surface area contributed by atoms with Gasteiger partial charge in [-0.2, -0.15) is 4.98 Å². The predicted molar refractivity (Wildman–Crippen MR) is 97.4 cm³/mol. The Morgan fingerprint density at radius 1 is 1.31 bits per heavy atom. The third-order valence-electron chi connectivity index (χ3n) is 3.83. The molecular formula is C16H17ClN4O4S. The number of primary sulfonamides is 1. The molecule has 0 saturated heterocycles. The number of benzene rings is 1. The first kappa shape index (κ1) is 18.6. The minimum Gasteiger partial charge on any atom is -0.481 e. The molecule has 0 spiro atoms. The molecular weight excluding hydrogens is 380 g/mol. The maximum Gasteiger partial charge on any atom is 0.240 e. The number of rotatable bonds is 6. The molecule has 0 amide bonds. The van der Waals surface area contributed by atoms with Crippen LogP contribution in [-0.2, 0) is 21.2 Å². The Morgan fingerprint density at radius 2 is 2.08 bits per heavy atom. The Labute approximate surface area is 155 Å². The number of hydrogen-bond donors (Lipinski definition) is 1. The Hall–Kier alpha value is -2.20. The van der Waals surface area contributed by atoms with E-state index in [1.165, 1.54) is 17.9 Å². The summed E-state index contributed by atoms with van der Waals surface area (Å²) in [6.07, 6.45) is 3.58. The van der Waals surface area contributed by atoms with E-state index >= 15 is 0 Å². The summed E-state index contributed by atoms with van der Waals surface area (Å²) in [5, 5.41) is 6.21. The molecule has 2 N–H and O–H groups in total. The molecule has 3 rings (SSSR count). The summed E-state index contributed by atoms with van der Waals surface area (Å²) in [4.78, 5) is 8.68. The molecule has 138 valence electrons. The van der Waals surface area contributed by atoms with Gasteiger partial charge < -0.3 is 9.47 Å². The lowest BCUT2D eigenvalue weighted by atomic mass is 10.2. The molecule has 26 heavy (non-hydrogen) atoms. The largest absolute Gasteiger partial charge is 0.481 e. The first-order valence-corrected chi connectivity index (χ1v) is 9.50. The van der Waals surface area contributed by atoms with Gasteiger partial charge in [-0.05, 0) is 18.2 Å². The third kappa shape index (κ3) is 3.51. The SMILES string of the molecule is COCCc1cnc(-n2cc(S(N)(=O)=O)c3ccc(Cl)cc32)nc1OC. The van der Waals surface area contributed by atoms with Gasteiger partial charge in [0.15, 0.2) is 0 Å². The Balaban J connectivity index is 2.20. The lowest BCUT2D eigenvalue weighted by molar-refractivity contribution is 0.201. The number of ether oxygens (including phenoxy) is 2. The molecule has 3 aromatic rings. The van der Waals surface area contributed by atoms with E-state index in [4.69, 9.17) is 26.2 Å². The van der Waals surface area contributed by atoms with Crippen molar-refractivity contribution in [1.29, 1.82) is 0 Å². The van der Waals surface area contributed by atoms with Crippen LogP contribution in [0.5, 0.6) is 5.88 Å². The molecule has 2 heterocycles. The van der Waals surface area contributed by atoms with Crippen LogP contribution in [0.3, 0.4) is 0 Å². The van der Waals surface area contributed by atoms with Gasteiger partial charge in [-0.3, -0.25) is 4.57 Å². The smallest absolute Gasteiger partial charge is 0.240 e. The molecule has 0 unspecified atom stereocenters. The van der Waals surface area contributed by atoms with Crippen LogP contribution in [0.15, 0.2) is 35.5 Å². The average Bonchev–Trinajstić information content (AvgIpc) is 2.98. The van der Waals surface area contributed by atoms with E-state index in [0.29, 0.717) is 34.8 Å². The summed E-state index contributed by atoms with van der Waals surface area (Å²) in [5.74, 6) is 0.623. The van der Waals surface area contributed by atoms with Crippen molar-refractivity contribution in [2.45, 2.75) is 11.3 Å². The van der Waals surface area contributed by atoms with Crippen LogP contribution in [0.25, 0.3) is 16.9 Å². The van der Waals surface area contributed by atoms with Crippen LogP contribution in [0.4, 0.5) is 0 Å². The molecule has 0 aliphatic heterocycles. The van der Waals surface area contributed by atoms with Crippen molar-refractivity contribution in [3.05, 3.63) is 41.2 Å². The van der Waals surface area contributed by atoms with Crippen molar-refractivity contribution in [3.63, 3.8) is 0 Å². The van der Waals surface area contributed by atoms with Crippen molar-refractivity contribution in [3.8, 4) is 11.8 Å². The van der Waals surface area contributed by atoms with Gasteiger partial charge in [0.2, 0.25) is 21.9 Å². The fraction of sp³-hybridized carbons (Fsp3) is 0.250. The highest BCUT2D eigenvalue weighted by Gasteiger charge is 2.20. The summed E-state index contributed by atoms with van der Waals surface area (Å²) in [6, 6.07) is 4.82. The standard InChI is InChI=1S/C16H17ClN4O4S/c1-24-6-5-10-8-19-16(20-15(10)25-2)21-9-14(26(18,22)23)12-4-3-11(17)7-13(12)21/h3-4,7-9H,5-6H2,1-2H3,(H2,18,22,23). The number of sulfonamides is 1. The number of halogens is 1. The average molecular weight is 397 g/mol. The second-order valence-corrected chi connectivity index (χ2v) is 7.48. The number of aromatic nitrogens is 3. The number of nitrogens with two attached hydrogens (primary N) is 1. The van der Waals surface area contributed by atoms with Gasteiger partial charge in [0.05, 0.1) is 19.2 Å². The van der Waals surface area contributed by atoms with Gasteiger partial charge in [0.1, 0.15) is 4.90 Å². The van der Waals surface area contributed by atoms with Gasteiger partial charge >= 0.3 is 0 Å². The summed E-state index contributed by atoms with van der Waals surface area (Å²) in [6.45, 7) is 0.497. The second-order valence-electron chi connectivity index (χ2n) is 5.52. The van der Waals surface area contributed by atoms with Crippen molar-refractivity contribution < 1.29 is 17.9 Å². The van der Waals surface area contributed by atoms with Gasteiger partial charge in [-0.1, -0.05) is 11.6 Å². The second kappa shape index (κ2) is 7.20. The topological polar surface area (TPSA) is 109 Å². The number of methoxy groups -OCH3 is 2. The van der Waals surface area contributed by atoms with Gasteiger partial charge in [-0.25, -0.2) is 18.5 Å². The summed E-state index contributed by atoms with van der Waals surface area (Å²) < 4.78 is 35.8. The lowest BCUT2D eigenvalue weighted by Crippen LogP contribution is -2.11. The highest BCUT2D eigenvalue weighted by molar-refractivity contribution is 7.89. The van der Waals surface area contributed by atoms with Gasteiger partial charge in [-0.15, -0.1) is 0 Å². The molecule has 10 heteroatoms. The molecule has 0 saturated carbocycles. The van der Waals surface area contributed by atoms with Crippen LogP contribution in [0.2, 0.25) is 5.02 Å². The number of nitrogens with zero attached hydrogens (tertiary/aromatic N) is 3. The summed E-state index contributed by atoms with van der Waals surface area (Å²) in [5.41, 5.74) is 1.30. The molecule has 0 aliphatic carbocycles. The monoisotopic (exact) mass is 396 g/mol. The fourth-order valence-corrected chi connectivity index (χ4v) is 3.52. The zero-order valence-electron chi connectivity index (χ0n) is 14.1. The van der Waals surface area contributed by atoms with Crippen molar-refractivity contribution in [1.82, 2.24) is 14.5 Å². The van der Waals surface area contributed by atoms with Crippen LogP contribution < -0.4 is 9.88 Å². The number of hydrogen-bond acceptors (Lipinski definition) is 6. The van der Waals surface area contributed by atoms with Crippen LogP contribution in [0.1, 0.15) is 5.56 Å². The van der Waals surface area contributed by atoms with Gasteiger partial charge in [0.25, 0.3) is 0 Å². The molecule has 0 radical (unpaired) electrons. The molecule has 8 nitrogen and oxygen atoms in total. The van der Waals surface area contributed by atoms with Crippen LogP contribution in [-0.4, -0.2) is 43.8 Å². The van der Waals surface area contributed by atoms with E-state index in [2.05, 4.69) is 9.97 Å². The van der Waals surface area contributed by atoms with Crippen LogP contribution in [0, 0.1) is 0 Å². The summed E-state index contributed by atoms with van der Waals surface area (Å²) >= 11 is 6.07. The molecule has 0 atom stereocenters. The van der Waals surface area contributed by atoms with Crippen molar-refractivity contribution in [2.24, 2.45) is 5.14 Å². The van der Waals surface area contributed by atoms with E-state index in [9.17, 15) is 8.42 Å². The van der Waals surface area contributed by atoms with E-state index in [1.807, 2.05) is 0 Å². The quantitative estimate of drug-likeness (QED) is 0.681. The minimum absolute atomic E-state index is 0.0322. The van der Waals surface area contributed by atoms with Crippen molar-refractivity contribution in [2.75, 3.05) is 20.8 Å². The fourth-order valence-electron chi connectivity index (χ4n) is 2.62. The zero-order chi connectivity index (χ0) is 18.9. The third-order valence-corrected chi connectivity index (χ3v) is 5.01. The van der Waals surface area contributed by atoms with E-state index in [-0.39, 0.29) is 10.8 Å². The van der Waals surface area contributed by atoms with E-state index in [1.54, 1.807) is 31.5 Å². The van der Waals surface area contributed by atoms with Crippen molar-refractivity contribution >= 4 is 32.5 Å². The highest BCUT2D eigenvalue weighted by atomic mass is 35.5. The first-order valence-electron chi connectivity index (χ1n) is 7.57. The summed E-state index contributed by atoms with van der Waals surface area (Å²) in [7, 11) is -0.826. The number of fused-ring (bicyclic) bond motifs is 1. The molecule has 1 aromatic carbocycles. The molecule has 0 aliphatic rings. The van der Waals surface area contributed by atoms with E-state index < -0.39 is 10.0 Å².